The van der Waals surface area contributed by atoms with E-state index in [9.17, 15) is 28.1 Å². The first-order valence-electron chi connectivity index (χ1n) is 8.99. The van der Waals surface area contributed by atoms with Gasteiger partial charge in [0.2, 0.25) is 11.1 Å². The SMILES string of the molecule is CC(C)c1nc(SCC(=O)NCCCNc2ccc(C(F)(F)F)cc2[N+](=O)[O-])n[nH]1. The number of amides is 1. The van der Waals surface area contributed by atoms with Crippen molar-refractivity contribution in [1.82, 2.24) is 20.5 Å². The van der Waals surface area contributed by atoms with E-state index in [1.165, 1.54) is 11.8 Å². The maximum Gasteiger partial charge on any atom is 0.416 e. The van der Waals surface area contributed by atoms with Gasteiger partial charge in [-0.3, -0.25) is 20.0 Å². The Hall–Kier alpha value is -2.83. The molecule has 1 heterocycles. The van der Waals surface area contributed by atoms with Crippen LogP contribution in [0.3, 0.4) is 0 Å². The van der Waals surface area contributed by atoms with Gasteiger partial charge in [0.1, 0.15) is 11.5 Å². The molecule has 0 aliphatic heterocycles. The third-order valence-corrected chi connectivity index (χ3v) is 4.72. The number of anilines is 1. The Morgan fingerprint density at radius 3 is 2.67 bits per heavy atom. The maximum atomic E-state index is 12.7. The molecule has 0 atom stereocenters. The summed E-state index contributed by atoms with van der Waals surface area (Å²) in [6.07, 6.45) is -4.24. The first-order chi connectivity index (χ1) is 14.1. The molecular weight excluding hydrogens is 425 g/mol. The minimum atomic E-state index is -4.66. The number of alkyl halides is 3. The van der Waals surface area contributed by atoms with Gasteiger partial charge >= 0.3 is 6.18 Å². The highest BCUT2D eigenvalue weighted by atomic mass is 32.2. The molecule has 0 unspecified atom stereocenters. The molecule has 0 aliphatic rings. The van der Waals surface area contributed by atoms with Crippen molar-refractivity contribution < 1.29 is 22.9 Å². The number of H-pyrrole nitrogens is 1. The van der Waals surface area contributed by atoms with Crippen molar-refractivity contribution in [2.75, 3.05) is 24.2 Å². The number of thioether (sulfide) groups is 1. The number of aromatic amines is 1. The summed E-state index contributed by atoms with van der Waals surface area (Å²) in [5.41, 5.74) is -1.76. The van der Waals surface area contributed by atoms with Gasteiger partial charge < -0.3 is 10.6 Å². The molecule has 164 valence electrons. The van der Waals surface area contributed by atoms with Gasteiger partial charge in [0, 0.05) is 25.1 Å². The molecular formula is C17H21F3N6O3S. The van der Waals surface area contributed by atoms with Gasteiger partial charge in [-0.25, -0.2) is 4.98 Å². The Morgan fingerprint density at radius 1 is 1.33 bits per heavy atom. The van der Waals surface area contributed by atoms with Crippen LogP contribution in [0.5, 0.6) is 0 Å². The molecule has 1 amide bonds. The van der Waals surface area contributed by atoms with Crippen molar-refractivity contribution in [3.63, 3.8) is 0 Å². The molecule has 0 aliphatic carbocycles. The third kappa shape index (κ3) is 6.90. The molecule has 2 rings (SSSR count). The normalized spacial score (nSPS) is 11.5. The number of nitrogens with one attached hydrogen (secondary N) is 3. The molecule has 1 aromatic carbocycles. The van der Waals surface area contributed by atoms with Crippen LogP contribution in [0.15, 0.2) is 23.4 Å². The molecule has 30 heavy (non-hydrogen) atoms. The average Bonchev–Trinajstić information content (AvgIpc) is 3.14. The lowest BCUT2D eigenvalue weighted by Crippen LogP contribution is -2.27. The third-order valence-electron chi connectivity index (χ3n) is 3.87. The van der Waals surface area contributed by atoms with E-state index in [4.69, 9.17) is 0 Å². The van der Waals surface area contributed by atoms with E-state index in [0.717, 1.165) is 18.0 Å². The fourth-order valence-corrected chi connectivity index (χ4v) is 2.95. The van der Waals surface area contributed by atoms with E-state index in [1.54, 1.807) is 0 Å². The van der Waals surface area contributed by atoms with Crippen LogP contribution in [-0.4, -0.2) is 44.9 Å². The lowest BCUT2D eigenvalue weighted by atomic mass is 10.1. The lowest BCUT2D eigenvalue weighted by molar-refractivity contribution is -0.384. The molecule has 1 aromatic heterocycles. The molecule has 2 aromatic rings. The number of nitro groups is 1. The van der Waals surface area contributed by atoms with Gasteiger partial charge in [-0.1, -0.05) is 25.6 Å². The van der Waals surface area contributed by atoms with Crippen molar-refractivity contribution in [2.24, 2.45) is 0 Å². The van der Waals surface area contributed by atoms with Gasteiger partial charge in [0.05, 0.1) is 16.2 Å². The van der Waals surface area contributed by atoms with E-state index < -0.39 is 22.4 Å². The molecule has 0 fully saturated rings. The summed E-state index contributed by atoms with van der Waals surface area (Å²) < 4.78 is 38.1. The first-order valence-corrected chi connectivity index (χ1v) is 9.97. The minimum absolute atomic E-state index is 0.0135. The fraction of sp³-hybridized carbons (Fsp3) is 0.471. The van der Waals surface area contributed by atoms with Gasteiger partial charge in [-0.2, -0.15) is 13.2 Å². The Labute approximate surface area is 174 Å². The van der Waals surface area contributed by atoms with E-state index >= 15 is 0 Å². The van der Waals surface area contributed by atoms with Crippen LogP contribution in [0.25, 0.3) is 0 Å². The Bertz CT molecular complexity index is 888. The molecule has 0 radical (unpaired) electrons. The Kier molecular flexibility index (Phi) is 8.03. The first kappa shape index (κ1) is 23.4. The number of nitrogens with zero attached hydrogens (tertiary/aromatic N) is 3. The van der Waals surface area contributed by atoms with E-state index in [1.807, 2.05) is 13.8 Å². The highest BCUT2D eigenvalue weighted by molar-refractivity contribution is 7.99. The van der Waals surface area contributed by atoms with Crippen molar-refractivity contribution in [3.8, 4) is 0 Å². The van der Waals surface area contributed by atoms with Gasteiger partial charge in [0.15, 0.2) is 0 Å². The van der Waals surface area contributed by atoms with E-state index in [0.29, 0.717) is 24.2 Å². The van der Waals surface area contributed by atoms with Crippen LogP contribution in [0.4, 0.5) is 24.5 Å². The number of halogens is 3. The van der Waals surface area contributed by atoms with Crippen LogP contribution in [0.2, 0.25) is 0 Å². The zero-order chi connectivity index (χ0) is 22.3. The number of aromatic nitrogens is 3. The Balaban J connectivity index is 1.74. The summed E-state index contributed by atoms with van der Waals surface area (Å²) in [6.45, 7) is 4.47. The molecule has 0 bridgehead atoms. The second-order valence-electron chi connectivity index (χ2n) is 6.56. The molecule has 9 nitrogen and oxygen atoms in total. The lowest BCUT2D eigenvalue weighted by Gasteiger charge is -2.11. The van der Waals surface area contributed by atoms with Gasteiger partial charge in [-0.15, -0.1) is 5.10 Å². The largest absolute Gasteiger partial charge is 0.416 e. The fourth-order valence-electron chi connectivity index (χ4n) is 2.31. The summed E-state index contributed by atoms with van der Waals surface area (Å²) in [7, 11) is 0. The monoisotopic (exact) mass is 446 g/mol. The number of carbonyl (C=O) groups excluding carboxylic acids is 1. The topological polar surface area (TPSA) is 126 Å². The van der Waals surface area contributed by atoms with Crippen molar-refractivity contribution in [3.05, 3.63) is 39.7 Å². The highest BCUT2D eigenvalue weighted by Gasteiger charge is 2.33. The quantitative estimate of drug-likeness (QED) is 0.220. The minimum Gasteiger partial charge on any atom is -0.379 e. The predicted octanol–water partition coefficient (Wildman–Crippen LogP) is 3.57. The second kappa shape index (κ2) is 10.3. The standard InChI is InChI=1S/C17H21F3N6O3S/c1-10(2)15-23-16(25-24-15)30-9-14(27)22-7-3-6-21-12-5-4-11(17(18,19)20)8-13(12)26(28)29/h4-5,8,10,21H,3,6-7,9H2,1-2H3,(H,22,27)(H,23,24,25). The van der Waals surface area contributed by atoms with E-state index in [-0.39, 0.29) is 29.8 Å². The molecule has 0 saturated carbocycles. The number of hydrogen-bond donors (Lipinski definition) is 3. The van der Waals surface area contributed by atoms with Crippen molar-refractivity contribution in [1.29, 1.82) is 0 Å². The summed E-state index contributed by atoms with van der Waals surface area (Å²) in [6, 6.07) is 2.30. The number of carbonyl (C=O) groups is 1. The van der Waals surface area contributed by atoms with Crippen LogP contribution < -0.4 is 10.6 Å². The second-order valence-corrected chi connectivity index (χ2v) is 7.51. The number of rotatable bonds is 10. The van der Waals surface area contributed by atoms with Crippen LogP contribution in [0, 0.1) is 10.1 Å². The number of hydrogen-bond acceptors (Lipinski definition) is 7. The summed E-state index contributed by atoms with van der Waals surface area (Å²) in [5, 5.41) is 23.7. The highest BCUT2D eigenvalue weighted by Crippen LogP contribution is 2.34. The number of benzene rings is 1. The van der Waals surface area contributed by atoms with Crippen molar-refractivity contribution >= 4 is 29.0 Å². The van der Waals surface area contributed by atoms with Crippen LogP contribution >= 0.6 is 11.8 Å². The summed E-state index contributed by atoms with van der Waals surface area (Å²) >= 11 is 1.19. The number of nitro benzene ring substituents is 1. The molecule has 0 spiro atoms. The Morgan fingerprint density at radius 2 is 2.07 bits per heavy atom. The van der Waals surface area contributed by atoms with Crippen LogP contribution in [-0.2, 0) is 11.0 Å². The van der Waals surface area contributed by atoms with Crippen molar-refractivity contribution in [2.45, 2.75) is 37.5 Å². The van der Waals surface area contributed by atoms with Crippen LogP contribution in [0.1, 0.15) is 37.6 Å². The molecule has 13 heteroatoms. The molecule has 0 saturated heterocycles. The summed E-state index contributed by atoms with van der Waals surface area (Å²) in [5.74, 6) is 0.846. The van der Waals surface area contributed by atoms with Gasteiger partial charge in [0.25, 0.3) is 5.69 Å². The van der Waals surface area contributed by atoms with E-state index in [2.05, 4.69) is 25.8 Å². The smallest absolute Gasteiger partial charge is 0.379 e. The zero-order valence-corrected chi connectivity index (χ0v) is 17.1. The predicted molar refractivity (Wildman–Crippen MR) is 105 cm³/mol. The van der Waals surface area contributed by atoms with Gasteiger partial charge in [-0.05, 0) is 18.6 Å². The zero-order valence-electron chi connectivity index (χ0n) is 16.2. The maximum absolute atomic E-state index is 12.7. The average molecular weight is 446 g/mol. The summed E-state index contributed by atoms with van der Waals surface area (Å²) in [4.78, 5) is 26.3. The molecule has 3 N–H and O–H groups in total.